The molecule has 0 radical (unpaired) electrons. The lowest BCUT2D eigenvalue weighted by molar-refractivity contribution is 0.312. The van der Waals surface area contributed by atoms with E-state index in [0.717, 1.165) is 17.9 Å². The summed E-state index contributed by atoms with van der Waals surface area (Å²) in [6, 6.07) is 10.3. The lowest BCUT2D eigenvalue weighted by atomic mass is 9.77. The van der Waals surface area contributed by atoms with Gasteiger partial charge in [0.1, 0.15) is 0 Å². The number of nitriles is 1. The largest absolute Gasteiger partial charge is 0.192 e. The smallest absolute Gasteiger partial charge is 0.0991 e. The van der Waals surface area contributed by atoms with Gasteiger partial charge in [0.2, 0.25) is 0 Å². The quantitative estimate of drug-likeness (QED) is 0.692. The Kier molecular flexibility index (Phi) is 4.59. The molecule has 18 heavy (non-hydrogen) atoms. The maximum atomic E-state index is 8.80. The number of hydrogen-bond acceptors (Lipinski definition) is 1. The summed E-state index contributed by atoms with van der Waals surface area (Å²) in [6.45, 7) is 3.80. The van der Waals surface area contributed by atoms with E-state index >= 15 is 0 Å². The maximum Gasteiger partial charge on any atom is 0.0991 e. The van der Waals surface area contributed by atoms with E-state index in [1.165, 1.54) is 37.7 Å². The van der Waals surface area contributed by atoms with Crippen LogP contribution < -0.4 is 0 Å². The fraction of sp³-hybridized carbons (Fsp3) is 0.471. The van der Waals surface area contributed by atoms with Crippen LogP contribution in [0, 0.1) is 17.2 Å². The van der Waals surface area contributed by atoms with Crippen LogP contribution in [0.15, 0.2) is 36.9 Å². The van der Waals surface area contributed by atoms with E-state index in [0.29, 0.717) is 5.92 Å². The first-order valence-corrected chi connectivity index (χ1v) is 6.94. The van der Waals surface area contributed by atoms with Crippen molar-refractivity contribution in [2.45, 2.75) is 44.4 Å². The molecule has 0 bridgehead atoms. The van der Waals surface area contributed by atoms with Gasteiger partial charge in [0.05, 0.1) is 11.6 Å². The molecule has 1 aromatic rings. The second kappa shape index (κ2) is 6.40. The second-order valence-electron chi connectivity index (χ2n) is 5.32. The Balaban J connectivity index is 1.88. The molecule has 0 N–H and O–H groups in total. The van der Waals surface area contributed by atoms with Gasteiger partial charge < -0.3 is 0 Å². The van der Waals surface area contributed by atoms with Crippen LogP contribution in [0.3, 0.4) is 0 Å². The molecular formula is C17H21N. The van der Waals surface area contributed by atoms with Crippen molar-refractivity contribution in [2.24, 2.45) is 5.92 Å². The molecule has 0 aromatic heterocycles. The summed E-state index contributed by atoms with van der Waals surface area (Å²) in [5.41, 5.74) is 2.18. The van der Waals surface area contributed by atoms with Crippen LogP contribution >= 0.6 is 0 Å². The van der Waals surface area contributed by atoms with Gasteiger partial charge in [-0.3, -0.25) is 0 Å². The summed E-state index contributed by atoms with van der Waals surface area (Å²) >= 11 is 0. The van der Waals surface area contributed by atoms with Gasteiger partial charge in [0.25, 0.3) is 0 Å². The third kappa shape index (κ3) is 3.23. The lowest BCUT2D eigenvalue weighted by Crippen LogP contribution is -2.13. The number of rotatable bonds is 4. The third-order valence-corrected chi connectivity index (χ3v) is 4.14. The van der Waals surface area contributed by atoms with Crippen LogP contribution in [0.2, 0.25) is 0 Å². The van der Waals surface area contributed by atoms with Crippen molar-refractivity contribution in [2.75, 3.05) is 0 Å². The van der Waals surface area contributed by atoms with E-state index in [-0.39, 0.29) is 0 Å². The molecule has 1 nitrogen and oxygen atoms in total. The van der Waals surface area contributed by atoms with Gasteiger partial charge >= 0.3 is 0 Å². The Hall–Kier alpha value is -1.55. The number of benzene rings is 1. The molecule has 0 aliphatic heterocycles. The first kappa shape index (κ1) is 12.9. The van der Waals surface area contributed by atoms with Gasteiger partial charge in [-0.05, 0) is 68.1 Å². The molecule has 2 rings (SSSR count). The van der Waals surface area contributed by atoms with Gasteiger partial charge in [-0.2, -0.15) is 5.26 Å². The highest BCUT2D eigenvalue weighted by molar-refractivity contribution is 5.33. The Morgan fingerprint density at radius 3 is 2.39 bits per heavy atom. The predicted octanol–water partition coefficient (Wildman–Crippen LogP) is 4.80. The zero-order chi connectivity index (χ0) is 12.8. The molecule has 0 heterocycles. The van der Waals surface area contributed by atoms with Crippen molar-refractivity contribution < 1.29 is 0 Å². The Morgan fingerprint density at radius 2 is 1.83 bits per heavy atom. The molecule has 0 amide bonds. The molecular weight excluding hydrogens is 218 g/mol. The molecule has 1 aromatic carbocycles. The van der Waals surface area contributed by atoms with Crippen LogP contribution in [0.1, 0.15) is 55.6 Å². The highest BCUT2D eigenvalue weighted by atomic mass is 14.3. The van der Waals surface area contributed by atoms with Gasteiger partial charge in [-0.1, -0.05) is 18.2 Å². The minimum absolute atomic E-state index is 0.706. The predicted molar refractivity (Wildman–Crippen MR) is 75.3 cm³/mol. The van der Waals surface area contributed by atoms with Gasteiger partial charge in [0, 0.05) is 0 Å². The zero-order valence-electron chi connectivity index (χ0n) is 10.9. The van der Waals surface area contributed by atoms with E-state index in [9.17, 15) is 0 Å². The summed E-state index contributed by atoms with van der Waals surface area (Å²) in [5, 5.41) is 8.80. The maximum absolute atomic E-state index is 8.80. The molecule has 0 unspecified atom stereocenters. The van der Waals surface area contributed by atoms with E-state index in [1.807, 2.05) is 18.2 Å². The van der Waals surface area contributed by atoms with E-state index in [4.69, 9.17) is 5.26 Å². The van der Waals surface area contributed by atoms with Crippen LogP contribution in [0.25, 0.3) is 0 Å². The van der Waals surface area contributed by atoms with Crippen molar-refractivity contribution in [3.05, 3.63) is 48.0 Å². The summed E-state index contributed by atoms with van der Waals surface area (Å²) in [6.07, 6.45) is 9.79. The van der Waals surface area contributed by atoms with Crippen molar-refractivity contribution >= 4 is 0 Å². The van der Waals surface area contributed by atoms with E-state index in [1.54, 1.807) is 0 Å². The summed E-state index contributed by atoms with van der Waals surface area (Å²) in [5.74, 6) is 1.61. The minimum Gasteiger partial charge on any atom is -0.192 e. The second-order valence-corrected chi connectivity index (χ2v) is 5.32. The number of allylic oxidation sites excluding steroid dienone is 1. The summed E-state index contributed by atoms with van der Waals surface area (Å²) < 4.78 is 0. The third-order valence-electron chi connectivity index (χ3n) is 4.14. The molecule has 1 aliphatic carbocycles. The van der Waals surface area contributed by atoms with Crippen molar-refractivity contribution in [1.29, 1.82) is 5.26 Å². The monoisotopic (exact) mass is 239 g/mol. The average molecular weight is 239 g/mol. The van der Waals surface area contributed by atoms with Crippen molar-refractivity contribution in [3.63, 3.8) is 0 Å². The fourth-order valence-electron chi connectivity index (χ4n) is 2.97. The highest BCUT2D eigenvalue weighted by Crippen LogP contribution is 2.37. The van der Waals surface area contributed by atoms with Gasteiger partial charge in [0.15, 0.2) is 0 Å². The summed E-state index contributed by atoms with van der Waals surface area (Å²) in [4.78, 5) is 0. The highest BCUT2D eigenvalue weighted by Gasteiger charge is 2.21. The topological polar surface area (TPSA) is 23.8 Å². The van der Waals surface area contributed by atoms with Crippen LogP contribution in [-0.2, 0) is 0 Å². The molecule has 0 saturated heterocycles. The molecule has 1 fully saturated rings. The SMILES string of the molecule is C=CCCC1CCC(c2ccc(C#N)cc2)CC1. The van der Waals surface area contributed by atoms with E-state index < -0.39 is 0 Å². The van der Waals surface area contributed by atoms with Crippen molar-refractivity contribution in [3.8, 4) is 6.07 Å². The van der Waals surface area contributed by atoms with Crippen molar-refractivity contribution in [1.82, 2.24) is 0 Å². The summed E-state index contributed by atoms with van der Waals surface area (Å²) in [7, 11) is 0. The van der Waals surface area contributed by atoms with Crippen LogP contribution in [-0.4, -0.2) is 0 Å². The Morgan fingerprint density at radius 1 is 1.17 bits per heavy atom. The molecule has 0 atom stereocenters. The first-order chi connectivity index (χ1) is 8.83. The average Bonchev–Trinajstić information content (AvgIpc) is 2.46. The Labute approximate surface area is 110 Å². The lowest BCUT2D eigenvalue weighted by Gasteiger charge is -2.28. The minimum atomic E-state index is 0.706. The zero-order valence-corrected chi connectivity index (χ0v) is 10.9. The fourth-order valence-corrected chi connectivity index (χ4v) is 2.97. The standard InChI is InChI=1S/C17H21N/c1-2-3-4-14-5-9-16(10-6-14)17-11-7-15(13-18)8-12-17/h2,7-8,11-12,14,16H,1,3-6,9-10H2. The Bertz CT molecular complexity index is 416. The molecule has 0 spiro atoms. The molecule has 1 saturated carbocycles. The van der Waals surface area contributed by atoms with Crippen LogP contribution in [0.4, 0.5) is 0 Å². The number of hydrogen-bond donors (Lipinski definition) is 0. The molecule has 1 aliphatic rings. The van der Waals surface area contributed by atoms with Crippen LogP contribution in [0.5, 0.6) is 0 Å². The number of nitrogens with zero attached hydrogens (tertiary/aromatic N) is 1. The van der Waals surface area contributed by atoms with Gasteiger partial charge in [-0.15, -0.1) is 6.58 Å². The normalized spacial score (nSPS) is 23.3. The molecule has 1 heteroatoms. The van der Waals surface area contributed by atoms with Gasteiger partial charge in [-0.25, -0.2) is 0 Å². The van der Waals surface area contributed by atoms with E-state index in [2.05, 4.69) is 24.8 Å². The first-order valence-electron chi connectivity index (χ1n) is 6.94. The molecule has 94 valence electrons.